The van der Waals surface area contributed by atoms with Crippen LogP contribution < -0.4 is 15.8 Å². The maximum Gasteiger partial charge on any atom is 0.274 e. The molecule has 29 heavy (non-hydrogen) atoms. The molecule has 0 unspecified atom stereocenters. The highest BCUT2D eigenvalue weighted by molar-refractivity contribution is 7.20. The smallest absolute Gasteiger partial charge is 0.274 e. The van der Waals surface area contributed by atoms with Crippen molar-refractivity contribution >= 4 is 27.3 Å². The number of carbonyl (C=O) groups excluding carboxylic acids is 1. The van der Waals surface area contributed by atoms with Crippen molar-refractivity contribution in [2.75, 3.05) is 64.3 Å². The number of likely N-dealkylation sites (N-methyl/N-ethyl adjacent to an activating group) is 1. The molecule has 158 valence electrons. The average Bonchev–Trinajstić information content (AvgIpc) is 3.12. The largest absolute Gasteiger partial charge is 0.349 e. The van der Waals surface area contributed by atoms with E-state index >= 15 is 0 Å². The van der Waals surface area contributed by atoms with Crippen molar-refractivity contribution in [2.45, 2.75) is 19.8 Å². The lowest BCUT2D eigenvalue weighted by molar-refractivity contribution is 0.0933. The number of aromatic nitrogens is 3. The second-order valence-electron chi connectivity index (χ2n) is 8.15. The number of rotatable bonds is 5. The van der Waals surface area contributed by atoms with Crippen molar-refractivity contribution in [2.24, 2.45) is 5.92 Å². The molecule has 0 saturated carbocycles. The van der Waals surface area contributed by atoms with Crippen LogP contribution in [0.2, 0.25) is 0 Å². The molecule has 2 saturated heterocycles. The number of anilines is 1. The molecule has 9 nitrogen and oxygen atoms in total. The third-order valence-corrected chi connectivity index (χ3v) is 6.68. The summed E-state index contributed by atoms with van der Waals surface area (Å²) in [5.41, 5.74) is -0.151. The van der Waals surface area contributed by atoms with E-state index in [1.807, 2.05) is 0 Å². The van der Waals surface area contributed by atoms with E-state index in [0.717, 1.165) is 57.4 Å². The van der Waals surface area contributed by atoms with Crippen LogP contribution in [0.15, 0.2) is 10.9 Å². The van der Waals surface area contributed by atoms with E-state index in [2.05, 4.69) is 44.1 Å². The Labute approximate surface area is 174 Å². The summed E-state index contributed by atoms with van der Waals surface area (Å²) in [4.78, 5) is 36.2. The Hall–Kier alpha value is -2.04. The molecule has 0 bridgehead atoms. The zero-order valence-corrected chi connectivity index (χ0v) is 18.0. The van der Waals surface area contributed by atoms with Gasteiger partial charge in [-0.3, -0.25) is 14.5 Å². The van der Waals surface area contributed by atoms with E-state index < -0.39 is 5.56 Å². The zero-order chi connectivity index (χ0) is 20.4. The number of nitrogens with zero attached hydrogens (tertiary/aromatic N) is 6. The minimum absolute atomic E-state index is 0.255. The van der Waals surface area contributed by atoms with E-state index in [9.17, 15) is 9.59 Å². The van der Waals surface area contributed by atoms with E-state index in [0.29, 0.717) is 17.4 Å². The molecule has 4 heterocycles. The van der Waals surface area contributed by atoms with Crippen LogP contribution in [-0.4, -0.2) is 89.7 Å². The number of piperazine rings is 1. The lowest BCUT2D eigenvalue weighted by atomic mass is 10.0. The second kappa shape index (κ2) is 8.76. The van der Waals surface area contributed by atoms with Gasteiger partial charge in [0.1, 0.15) is 5.69 Å². The number of hydrogen-bond acceptors (Lipinski definition) is 8. The summed E-state index contributed by atoms with van der Waals surface area (Å²) in [6.07, 6.45) is 2.35. The fraction of sp³-hybridized carbons (Fsp3) is 0.684. The minimum Gasteiger partial charge on any atom is -0.349 e. The van der Waals surface area contributed by atoms with Crippen LogP contribution >= 0.6 is 11.3 Å². The molecule has 0 spiro atoms. The number of carbonyl (C=O) groups is 1. The fourth-order valence-electron chi connectivity index (χ4n) is 3.95. The van der Waals surface area contributed by atoms with Crippen molar-refractivity contribution in [1.82, 2.24) is 29.7 Å². The van der Waals surface area contributed by atoms with Crippen LogP contribution in [0.4, 0.5) is 5.13 Å². The average molecular weight is 420 g/mol. The molecule has 1 atom stereocenters. The minimum atomic E-state index is -0.406. The Kier molecular flexibility index (Phi) is 6.12. The molecular weight excluding hydrogens is 390 g/mol. The van der Waals surface area contributed by atoms with Crippen LogP contribution in [0.3, 0.4) is 0 Å². The van der Waals surface area contributed by atoms with Crippen LogP contribution in [0.1, 0.15) is 30.3 Å². The predicted molar refractivity (Wildman–Crippen MR) is 114 cm³/mol. The van der Waals surface area contributed by atoms with Gasteiger partial charge in [-0.15, -0.1) is 5.10 Å². The highest BCUT2D eigenvalue weighted by atomic mass is 32.1. The Bertz CT molecular complexity index is 919. The van der Waals surface area contributed by atoms with Crippen LogP contribution in [0.25, 0.3) is 4.96 Å². The standard InChI is InChI=1S/C19H29N7O2S/c1-14-4-3-6-25(13-14)19-22-26-15(12-16(27)21-18(26)29-19)17(28)20-5-7-24-10-8-23(2)9-11-24/h12,14H,3-11,13H2,1-2H3,(H,20,28)/t14-/m0/s1. The Morgan fingerprint density at radius 3 is 2.83 bits per heavy atom. The Balaban J connectivity index is 1.46. The fourth-order valence-corrected chi connectivity index (χ4v) is 4.89. The first-order chi connectivity index (χ1) is 14.0. The van der Waals surface area contributed by atoms with E-state index in [-0.39, 0.29) is 11.6 Å². The maximum atomic E-state index is 12.8. The SMILES string of the molecule is C[C@H]1CCCN(c2nn3c(C(=O)NCCN4CCN(C)CC4)cc(=O)nc3s2)C1. The molecule has 1 N–H and O–H groups in total. The van der Waals surface area contributed by atoms with Crippen LogP contribution in [0, 0.1) is 5.92 Å². The Morgan fingerprint density at radius 1 is 1.28 bits per heavy atom. The van der Waals surface area contributed by atoms with Gasteiger partial charge >= 0.3 is 0 Å². The lowest BCUT2D eigenvalue weighted by Crippen LogP contribution is -2.47. The maximum absolute atomic E-state index is 12.8. The summed E-state index contributed by atoms with van der Waals surface area (Å²) >= 11 is 1.37. The molecule has 1 amide bonds. The molecule has 2 aromatic heterocycles. The predicted octanol–water partition coefficient (Wildman–Crippen LogP) is 0.365. The molecule has 4 rings (SSSR count). The molecule has 2 aromatic rings. The molecular formula is C19H29N7O2S. The molecule has 0 aromatic carbocycles. The molecule has 2 aliphatic heterocycles. The van der Waals surface area contributed by atoms with Gasteiger partial charge in [0.05, 0.1) is 0 Å². The Morgan fingerprint density at radius 2 is 2.07 bits per heavy atom. The van der Waals surface area contributed by atoms with Gasteiger partial charge < -0.3 is 15.1 Å². The first kappa shape index (κ1) is 20.2. The van der Waals surface area contributed by atoms with E-state index in [4.69, 9.17) is 0 Å². The number of nitrogens with one attached hydrogen (secondary N) is 1. The highest BCUT2D eigenvalue weighted by Gasteiger charge is 2.22. The van der Waals surface area contributed by atoms with E-state index in [1.165, 1.54) is 28.3 Å². The van der Waals surface area contributed by atoms with Crippen molar-refractivity contribution in [3.8, 4) is 0 Å². The van der Waals surface area contributed by atoms with Crippen molar-refractivity contribution < 1.29 is 4.79 Å². The molecule has 0 aliphatic carbocycles. The monoisotopic (exact) mass is 419 g/mol. The topological polar surface area (TPSA) is 86.1 Å². The third kappa shape index (κ3) is 4.76. The lowest BCUT2D eigenvalue weighted by Gasteiger charge is -2.32. The van der Waals surface area contributed by atoms with Crippen LogP contribution in [0.5, 0.6) is 0 Å². The first-order valence-electron chi connectivity index (χ1n) is 10.3. The van der Waals surface area contributed by atoms with Crippen LogP contribution in [-0.2, 0) is 0 Å². The summed E-state index contributed by atoms with van der Waals surface area (Å²) < 4.78 is 1.52. The number of amides is 1. The third-order valence-electron chi connectivity index (χ3n) is 5.71. The van der Waals surface area contributed by atoms with E-state index in [1.54, 1.807) is 0 Å². The summed E-state index contributed by atoms with van der Waals surface area (Å²) in [5.74, 6) is 0.332. The second-order valence-corrected chi connectivity index (χ2v) is 9.09. The van der Waals surface area contributed by atoms with Gasteiger partial charge in [0, 0.05) is 58.4 Å². The molecule has 10 heteroatoms. The van der Waals surface area contributed by atoms with Gasteiger partial charge in [0.2, 0.25) is 10.1 Å². The number of fused-ring (bicyclic) bond motifs is 1. The van der Waals surface area contributed by atoms with Gasteiger partial charge in [0.15, 0.2) is 0 Å². The van der Waals surface area contributed by atoms with Gasteiger partial charge in [-0.1, -0.05) is 18.3 Å². The molecule has 2 aliphatic rings. The first-order valence-corrected chi connectivity index (χ1v) is 11.2. The van der Waals surface area contributed by atoms with Crippen molar-refractivity contribution in [1.29, 1.82) is 0 Å². The van der Waals surface area contributed by atoms with Crippen molar-refractivity contribution in [3.05, 3.63) is 22.1 Å². The molecule has 0 radical (unpaired) electrons. The van der Waals surface area contributed by atoms with Gasteiger partial charge in [-0.2, -0.15) is 9.50 Å². The van der Waals surface area contributed by atoms with Gasteiger partial charge in [-0.25, -0.2) is 0 Å². The summed E-state index contributed by atoms with van der Waals surface area (Å²) in [7, 11) is 2.12. The number of hydrogen-bond donors (Lipinski definition) is 1. The zero-order valence-electron chi connectivity index (χ0n) is 17.1. The van der Waals surface area contributed by atoms with Crippen molar-refractivity contribution in [3.63, 3.8) is 0 Å². The van der Waals surface area contributed by atoms with Gasteiger partial charge in [-0.05, 0) is 25.8 Å². The summed E-state index contributed by atoms with van der Waals surface area (Å²) in [6, 6.07) is 1.28. The van der Waals surface area contributed by atoms with Gasteiger partial charge in [0.25, 0.3) is 11.5 Å². The number of piperidine rings is 1. The summed E-state index contributed by atoms with van der Waals surface area (Å²) in [5, 5.41) is 8.38. The summed E-state index contributed by atoms with van der Waals surface area (Å²) in [6.45, 7) is 9.58. The quantitative estimate of drug-likeness (QED) is 0.749. The molecule has 2 fully saturated rings. The normalized spacial score (nSPS) is 21.6. The highest BCUT2D eigenvalue weighted by Crippen LogP contribution is 2.27.